The van der Waals surface area contributed by atoms with Crippen LogP contribution in [0.25, 0.3) is 0 Å². The van der Waals surface area contributed by atoms with Gasteiger partial charge in [-0.25, -0.2) is 8.42 Å². The lowest BCUT2D eigenvalue weighted by atomic mass is 10.3. The van der Waals surface area contributed by atoms with Crippen LogP contribution in [0.4, 0.5) is 13.2 Å². The number of halogens is 3. The second-order valence-corrected chi connectivity index (χ2v) is 6.76. The van der Waals surface area contributed by atoms with E-state index >= 15 is 0 Å². The van der Waals surface area contributed by atoms with E-state index in [1.165, 1.54) is 0 Å². The number of rotatable bonds is 6. The van der Waals surface area contributed by atoms with Crippen molar-refractivity contribution < 1.29 is 31.5 Å². The maximum atomic E-state index is 12.4. The van der Waals surface area contributed by atoms with Gasteiger partial charge in [0.05, 0.1) is 6.42 Å². The zero-order valence-corrected chi connectivity index (χ0v) is 12.1. The molecule has 10 heteroatoms. The third-order valence-corrected chi connectivity index (χ3v) is 5.07. The Balaban J connectivity index is 2.25. The van der Waals surface area contributed by atoms with Crippen LogP contribution in [-0.4, -0.2) is 41.4 Å². The van der Waals surface area contributed by atoms with E-state index in [-0.39, 0.29) is 23.9 Å². The van der Waals surface area contributed by atoms with E-state index in [0.29, 0.717) is 25.1 Å². The summed E-state index contributed by atoms with van der Waals surface area (Å²) < 4.78 is 63.1. The molecule has 1 aromatic heterocycles. The Bertz CT molecular complexity index is 654. The van der Waals surface area contributed by atoms with Crippen LogP contribution in [-0.2, 0) is 21.0 Å². The first-order valence-electron chi connectivity index (χ1n) is 6.39. The summed E-state index contributed by atoms with van der Waals surface area (Å²) in [5, 5.41) is 8.67. The molecule has 122 valence electrons. The molecule has 0 spiro atoms. The summed E-state index contributed by atoms with van der Waals surface area (Å²) in [4.78, 5) is 13.4. The van der Waals surface area contributed by atoms with Crippen molar-refractivity contribution in [3.05, 3.63) is 24.0 Å². The van der Waals surface area contributed by atoms with Gasteiger partial charge in [0, 0.05) is 18.8 Å². The van der Waals surface area contributed by atoms with Crippen LogP contribution in [0.3, 0.4) is 0 Å². The minimum absolute atomic E-state index is 0.219. The highest BCUT2D eigenvalue weighted by atomic mass is 32.2. The number of hydrogen-bond donors (Lipinski definition) is 1. The Morgan fingerprint density at radius 2 is 2.00 bits per heavy atom. The van der Waals surface area contributed by atoms with Crippen molar-refractivity contribution in [2.24, 2.45) is 0 Å². The number of carboxylic acid groups (broad SMARTS) is 1. The molecule has 0 atom stereocenters. The van der Waals surface area contributed by atoms with Crippen molar-refractivity contribution >= 4 is 16.0 Å². The van der Waals surface area contributed by atoms with E-state index in [0.717, 1.165) is 10.4 Å². The van der Waals surface area contributed by atoms with E-state index in [9.17, 15) is 26.4 Å². The lowest BCUT2D eigenvalue weighted by molar-refractivity contribution is -0.141. The van der Waals surface area contributed by atoms with Gasteiger partial charge < -0.3 is 5.11 Å². The molecule has 0 aromatic carbocycles. The van der Waals surface area contributed by atoms with Gasteiger partial charge in [-0.15, -0.1) is 0 Å². The van der Waals surface area contributed by atoms with Gasteiger partial charge in [-0.3, -0.25) is 9.78 Å². The molecule has 6 nitrogen and oxygen atoms in total. The van der Waals surface area contributed by atoms with Crippen molar-refractivity contribution in [3.8, 4) is 0 Å². The molecular formula is C12H13F3N2O4S. The van der Waals surface area contributed by atoms with Gasteiger partial charge in [-0.1, -0.05) is 0 Å². The Kier molecular flexibility index (Phi) is 4.43. The number of carboxylic acids is 1. The largest absolute Gasteiger partial charge is 0.481 e. The van der Waals surface area contributed by atoms with E-state index in [1.54, 1.807) is 0 Å². The Morgan fingerprint density at radius 1 is 1.36 bits per heavy atom. The van der Waals surface area contributed by atoms with Gasteiger partial charge in [0.15, 0.2) is 0 Å². The minimum atomic E-state index is -4.65. The molecule has 0 radical (unpaired) electrons. The molecule has 1 heterocycles. The maximum Gasteiger partial charge on any atom is 0.433 e. The molecule has 1 fully saturated rings. The molecule has 1 N–H and O–H groups in total. The second-order valence-electron chi connectivity index (χ2n) is 4.87. The third kappa shape index (κ3) is 3.74. The predicted molar refractivity (Wildman–Crippen MR) is 68.4 cm³/mol. The fraction of sp³-hybridized carbons (Fsp3) is 0.500. The van der Waals surface area contributed by atoms with Crippen molar-refractivity contribution in [1.29, 1.82) is 0 Å². The zero-order valence-electron chi connectivity index (χ0n) is 11.2. The summed E-state index contributed by atoms with van der Waals surface area (Å²) in [5.74, 6) is -1.15. The first-order chi connectivity index (χ1) is 10.1. The number of nitrogens with zero attached hydrogens (tertiary/aromatic N) is 2. The molecule has 1 aliphatic rings. The van der Waals surface area contributed by atoms with E-state index in [4.69, 9.17) is 5.11 Å². The predicted octanol–water partition coefficient (Wildman–Crippen LogP) is 1.73. The number of carbonyl (C=O) groups is 1. The van der Waals surface area contributed by atoms with Crippen molar-refractivity contribution in [2.75, 3.05) is 6.54 Å². The quantitative estimate of drug-likeness (QED) is 0.853. The molecular weight excluding hydrogens is 325 g/mol. The zero-order chi connectivity index (χ0) is 16.5. The smallest absolute Gasteiger partial charge is 0.433 e. The second kappa shape index (κ2) is 5.84. The molecule has 1 aliphatic carbocycles. The highest BCUT2D eigenvalue weighted by Gasteiger charge is 2.39. The number of pyridine rings is 1. The van der Waals surface area contributed by atoms with Crippen molar-refractivity contribution in [3.63, 3.8) is 0 Å². The van der Waals surface area contributed by atoms with Crippen molar-refractivity contribution in [2.45, 2.75) is 36.4 Å². The molecule has 2 rings (SSSR count). The Labute approximate surface area is 124 Å². The minimum Gasteiger partial charge on any atom is -0.481 e. The van der Waals surface area contributed by atoms with E-state index < -0.39 is 27.9 Å². The molecule has 0 unspecified atom stereocenters. The van der Waals surface area contributed by atoms with E-state index in [1.807, 2.05) is 0 Å². The maximum absolute atomic E-state index is 12.4. The van der Waals surface area contributed by atoms with Crippen LogP contribution in [0, 0.1) is 0 Å². The van der Waals surface area contributed by atoms with Gasteiger partial charge in [0.1, 0.15) is 10.6 Å². The van der Waals surface area contributed by atoms with Gasteiger partial charge >= 0.3 is 12.1 Å². The van der Waals surface area contributed by atoms with Gasteiger partial charge in [0.2, 0.25) is 10.0 Å². The average molecular weight is 338 g/mol. The molecule has 0 aliphatic heterocycles. The average Bonchev–Trinajstić information content (AvgIpc) is 3.22. The number of sulfonamides is 1. The number of hydrogen-bond acceptors (Lipinski definition) is 4. The van der Waals surface area contributed by atoms with Crippen LogP contribution in [0.2, 0.25) is 0 Å². The van der Waals surface area contributed by atoms with Crippen molar-refractivity contribution in [1.82, 2.24) is 9.29 Å². The molecule has 0 bridgehead atoms. The number of aromatic nitrogens is 1. The summed E-state index contributed by atoms with van der Waals surface area (Å²) in [6.45, 7) is -0.219. The summed E-state index contributed by atoms with van der Waals surface area (Å²) in [5.41, 5.74) is -1.19. The first-order valence-corrected chi connectivity index (χ1v) is 7.83. The lowest BCUT2D eigenvalue weighted by Crippen LogP contribution is -2.35. The molecule has 1 aromatic rings. The Morgan fingerprint density at radius 3 is 2.41 bits per heavy atom. The van der Waals surface area contributed by atoms with Crippen LogP contribution in [0.5, 0.6) is 0 Å². The summed E-state index contributed by atoms with van der Waals surface area (Å²) in [7, 11) is -4.06. The normalized spacial score (nSPS) is 16.0. The topological polar surface area (TPSA) is 87.6 Å². The summed E-state index contributed by atoms with van der Waals surface area (Å²) in [6, 6.07) is 1.13. The van der Waals surface area contributed by atoms with E-state index in [2.05, 4.69) is 4.98 Å². The van der Waals surface area contributed by atoms with Gasteiger partial charge in [0.25, 0.3) is 0 Å². The number of alkyl halides is 3. The third-order valence-electron chi connectivity index (χ3n) is 3.13. The fourth-order valence-electron chi connectivity index (χ4n) is 1.90. The highest BCUT2D eigenvalue weighted by molar-refractivity contribution is 7.89. The summed E-state index contributed by atoms with van der Waals surface area (Å²) in [6.07, 6.45) is -3.17. The lowest BCUT2D eigenvalue weighted by Gasteiger charge is -2.21. The molecule has 0 amide bonds. The van der Waals surface area contributed by atoms with Crippen LogP contribution >= 0.6 is 0 Å². The van der Waals surface area contributed by atoms with Crippen LogP contribution in [0.1, 0.15) is 25.0 Å². The molecule has 22 heavy (non-hydrogen) atoms. The molecule has 1 saturated carbocycles. The van der Waals surface area contributed by atoms with Crippen LogP contribution in [0.15, 0.2) is 23.2 Å². The van der Waals surface area contributed by atoms with Gasteiger partial charge in [-0.05, 0) is 25.0 Å². The summed E-state index contributed by atoms with van der Waals surface area (Å²) >= 11 is 0. The fourth-order valence-corrected chi connectivity index (χ4v) is 3.53. The molecule has 0 saturated heterocycles. The standard InChI is InChI=1S/C12H13F3N2O4S/c13-12(14,15)10-4-3-9(7-16-10)22(20,21)17(8-1-2-8)6-5-11(18)19/h3-4,7-8H,1-2,5-6H2,(H,18,19). The number of aliphatic carboxylic acids is 1. The first kappa shape index (κ1) is 16.7. The van der Waals surface area contributed by atoms with Crippen LogP contribution < -0.4 is 0 Å². The SMILES string of the molecule is O=C(O)CCN(C1CC1)S(=O)(=O)c1ccc(C(F)(F)F)nc1. The van der Waals surface area contributed by atoms with Gasteiger partial charge in [-0.2, -0.15) is 17.5 Å². The monoisotopic (exact) mass is 338 g/mol. The highest BCUT2D eigenvalue weighted by Crippen LogP contribution is 2.33. The Hall–Kier alpha value is -1.68.